The lowest BCUT2D eigenvalue weighted by molar-refractivity contribution is -0.0329. The summed E-state index contributed by atoms with van der Waals surface area (Å²) in [5.74, 6) is 1.34. The van der Waals surface area contributed by atoms with E-state index >= 15 is 0 Å². The van der Waals surface area contributed by atoms with E-state index in [2.05, 4.69) is 5.32 Å². The monoisotopic (exact) mass is 241 g/mol. The third kappa shape index (κ3) is 5.11. The fraction of sp³-hybridized carbons (Fsp3) is 1.00. The number of thioether (sulfide) groups is 1. The summed E-state index contributed by atoms with van der Waals surface area (Å²) >= 11 is 0.117. The van der Waals surface area contributed by atoms with E-state index in [0.29, 0.717) is 18.3 Å². The molecule has 5 heteroatoms. The zero-order valence-corrected chi connectivity index (χ0v) is 9.76. The van der Waals surface area contributed by atoms with Crippen LogP contribution in [0, 0.1) is 11.8 Å². The van der Waals surface area contributed by atoms with Crippen molar-refractivity contribution in [2.75, 3.05) is 18.8 Å². The van der Waals surface area contributed by atoms with Gasteiger partial charge in [-0.05, 0) is 44.2 Å². The molecule has 0 aromatic rings. The molecule has 90 valence electrons. The molecular weight excluding hydrogens is 223 g/mol. The minimum Gasteiger partial charge on any atom is -0.317 e. The summed E-state index contributed by atoms with van der Waals surface area (Å²) in [5.41, 5.74) is -4.05. The summed E-state index contributed by atoms with van der Waals surface area (Å²) in [6.07, 6.45) is 2.99. The molecule has 1 rings (SSSR count). The predicted octanol–water partition coefficient (Wildman–Crippen LogP) is 3.27. The highest BCUT2D eigenvalue weighted by molar-refractivity contribution is 8.00. The second-order valence-electron chi connectivity index (χ2n) is 3.99. The van der Waals surface area contributed by atoms with Crippen LogP contribution in [0.5, 0.6) is 0 Å². The Balaban J connectivity index is 2.06. The van der Waals surface area contributed by atoms with Crippen molar-refractivity contribution in [3.05, 3.63) is 0 Å². The van der Waals surface area contributed by atoms with Gasteiger partial charge in [0.2, 0.25) is 0 Å². The van der Waals surface area contributed by atoms with E-state index < -0.39 is 5.51 Å². The van der Waals surface area contributed by atoms with E-state index in [1.165, 1.54) is 6.42 Å². The molecule has 1 nitrogen and oxygen atoms in total. The molecule has 1 aliphatic rings. The van der Waals surface area contributed by atoms with E-state index in [4.69, 9.17) is 0 Å². The lowest BCUT2D eigenvalue weighted by Crippen LogP contribution is -2.35. The molecule has 15 heavy (non-hydrogen) atoms. The first-order chi connectivity index (χ1) is 7.03. The number of nitrogens with one attached hydrogen (secondary N) is 1. The lowest BCUT2D eigenvalue weighted by Gasteiger charge is -2.37. The summed E-state index contributed by atoms with van der Waals surface area (Å²) in [4.78, 5) is 0. The Morgan fingerprint density at radius 3 is 2.40 bits per heavy atom. The zero-order valence-electron chi connectivity index (χ0n) is 8.94. The van der Waals surface area contributed by atoms with Crippen molar-refractivity contribution >= 4 is 11.8 Å². The number of halogens is 3. The summed E-state index contributed by atoms with van der Waals surface area (Å²) < 4.78 is 35.6. The van der Waals surface area contributed by atoms with Gasteiger partial charge >= 0.3 is 5.51 Å². The van der Waals surface area contributed by atoms with Gasteiger partial charge in [-0.1, -0.05) is 18.7 Å². The van der Waals surface area contributed by atoms with Gasteiger partial charge in [-0.25, -0.2) is 0 Å². The van der Waals surface area contributed by atoms with Gasteiger partial charge in [0.25, 0.3) is 0 Å². The molecule has 1 aliphatic carbocycles. The van der Waals surface area contributed by atoms with Crippen molar-refractivity contribution in [1.82, 2.24) is 5.32 Å². The molecule has 0 saturated heterocycles. The summed E-state index contributed by atoms with van der Waals surface area (Å²) in [6.45, 7) is 3.96. The van der Waals surface area contributed by atoms with Crippen LogP contribution in [0.25, 0.3) is 0 Å². The van der Waals surface area contributed by atoms with Crippen molar-refractivity contribution in [2.45, 2.75) is 31.7 Å². The zero-order chi connectivity index (χ0) is 11.3. The van der Waals surface area contributed by atoms with Crippen molar-refractivity contribution in [2.24, 2.45) is 11.8 Å². The fourth-order valence-electron chi connectivity index (χ4n) is 1.94. The van der Waals surface area contributed by atoms with Crippen LogP contribution in [-0.2, 0) is 0 Å². The molecule has 2 atom stereocenters. The van der Waals surface area contributed by atoms with E-state index in [0.717, 1.165) is 19.5 Å². The number of rotatable bonds is 6. The van der Waals surface area contributed by atoms with Crippen LogP contribution < -0.4 is 5.32 Å². The van der Waals surface area contributed by atoms with Gasteiger partial charge in [-0.2, -0.15) is 13.2 Å². The van der Waals surface area contributed by atoms with Gasteiger partial charge in [-0.3, -0.25) is 0 Å². The van der Waals surface area contributed by atoms with Crippen LogP contribution >= 0.6 is 11.8 Å². The maximum Gasteiger partial charge on any atom is 0.441 e. The second-order valence-corrected chi connectivity index (χ2v) is 5.15. The molecule has 0 heterocycles. The van der Waals surface area contributed by atoms with Gasteiger partial charge in [0.1, 0.15) is 0 Å². The van der Waals surface area contributed by atoms with Crippen molar-refractivity contribution < 1.29 is 13.2 Å². The normalized spacial score (nSPS) is 26.4. The Hall–Kier alpha value is 0.100. The van der Waals surface area contributed by atoms with Crippen LogP contribution in [0.3, 0.4) is 0 Å². The van der Waals surface area contributed by atoms with Gasteiger partial charge < -0.3 is 5.32 Å². The van der Waals surface area contributed by atoms with E-state index in [9.17, 15) is 13.2 Å². The Kier molecular flexibility index (Phi) is 5.26. The van der Waals surface area contributed by atoms with Crippen LogP contribution in [0.2, 0.25) is 0 Å². The van der Waals surface area contributed by atoms with Gasteiger partial charge in [-0.15, -0.1) is 0 Å². The Labute approximate surface area is 93.2 Å². The lowest BCUT2D eigenvalue weighted by atomic mass is 9.72. The molecule has 0 amide bonds. The van der Waals surface area contributed by atoms with Gasteiger partial charge in [0, 0.05) is 5.75 Å². The highest BCUT2D eigenvalue weighted by atomic mass is 32.2. The molecule has 0 bridgehead atoms. The van der Waals surface area contributed by atoms with Crippen LogP contribution in [0.1, 0.15) is 26.2 Å². The molecule has 1 fully saturated rings. The third-order valence-electron chi connectivity index (χ3n) is 2.99. The first kappa shape index (κ1) is 13.2. The number of hydrogen-bond acceptors (Lipinski definition) is 2. The average Bonchev–Trinajstić information content (AvgIpc) is 2.09. The summed E-state index contributed by atoms with van der Waals surface area (Å²) in [7, 11) is 0. The van der Waals surface area contributed by atoms with Gasteiger partial charge in [0.15, 0.2) is 0 Å². The minimum atomic E-state index is -4.05. The first-order valence-corrected chi connectivity index (χ1v) is 6.43. The molecule has 0 aromatic carbocycles. The van der Waals surface area contributed by atoms with Crippen LogP contribution in [-0.4, -0.2) is 24.4 Å². The van der Waals surface area contributed by atoms with Crippen LogP contribution in [0.15, 0.2) is 0 Å². The highest BCUT2D eigenvalue weighted by Gasteiger charge is 2.32. The molecular formula is C10H18F3NS. The van der Waals surface area contributed by atoms with Crippen molar-refractivity contribution in [3.8, 4) is 0 Å². The molecule has 0 aromatic heterocycles. The molecule has 1 N–H and O–H groups in total. The Morgan fingerprint density at radius 1 is 1.27 bits per heavy atom. The molecule has 0 radical (unpaired) electrons. The minimum absolute atomic E-state index is 0.117. The Morgan fingerprint density at radius 2 is 1.93 bits per heavy atom. The predicted molar refractivity (Wildman–Crippen MR) is 57.9 cm³/mol. The smallest absolute Gasteiger partial charge is 0.317 e. The first-order valence-electron chi connectivity index (χ1n) is 5.44. The fourth-order valence-corrected chi connectivity index (χ4v) is 2.59. The number of alkyl halides is 3. The maximum absolute atomic E-state index is 11.9. The standard InChI is InChI=1S/C10H18F3NS/c1-2-14-7-9-4-3-8(9)5-6-15-10(11,12)13/h8-9,14H,2-7H2,1H3. The number of hydrogen-bond donors (Lipinski definition) is 1. The average molecular weight is 241 g/mol. The molecule has 2 unspecified atom stereocenters. The topological polar surface area (TPSA) is 12.0 Å². The maximum atomic E-state index is 11.9. The van der Waals surface area contributed by atoms with E-state index in [1.807, 2.05) is 6.92 Å². The van der Waals surface area contributed by atoms with Crippen molar-refractivity contribution in [1.29, 1.82) is 0 Å². The largest absolute Gasteiger partial charge is 0.441 e. The molecule has 1 saturated carbocycles. The SMILES string of the molecule is CCNCC1CCC1CCSC(F)(F)F. The van der Waals surface area contributed by atoms with E-state index in [1.54, 1.807) is 0 Å². The second kappa shape index (κ2) is 5.99. The van der Waals surface area contributed by atoms with E-state index in [-0.39, 0.29) is 17.5 Å². The highest BCUT2D eigenvalue weighted by Crippen LogP contribution is 2.39. The summed E-state index contributed by atoms with van der Waals surface area (Å²) in [5, 5.41) is 3.26. The van der Waals surface area contributed by atoms with Crippen molar-refractivity contribution in [3.63, 3.8) is 0 Å². The Bertz CT molecular complexity index is 184. The molecule has 0 aliphatic heterocycles. The van der Waals surface area contributed by atoms with Crippen LogP contribution in [0.4, 0.5) is 13.2 Å². The third-order valence-corrected chi connectivity index (χ3v) is 3.75. The van der Waals surface area contributed by atoms with Gasteiger partial charge in [0.05, 0.1) is 0 Å². The quantitative estimate of drug-likeness (QED) is 0.766. The molecule has 0 spiro atoms. The summed E-state index contributed by atoms with van der Waals surface area (Å²) in [6, 6.07) is 0.